The van der Waals surface area contributed by atoms with E-state index in [2.05, 4.69) is 5.32 Å². The third kappa shape index (κ3) is 4.31. The lowest BCUT2D eigenvalue weighted by molar-refractivity contribution is -0.384. The van der Waals surface area contributed by atoms with Gasteiger partial charge >= 0.3 is 12.1 Å². The summed E-state index contributed by atoms with van der Waals surface area (Å²) in [4.78, 5) is 21.6. The summed E-state index contributed by atoms with van der Waals surface area (Å²) in [5, 5.41) is 23.2. The van der Waals surface area contributed by atoms with Gasteiger partial charge in [0, 0.05) is 18.2 Å². The Labute approximate surface area is 140 Å². The number of rotatable bonds is 5. The van der Waals surface area contributed by atoms with Crippen molar-refractivity contribution in [3.05, 3.63) is 27.8 Å². The lowest BCUT2D eigenvalue weighted by Crippen LogP contribution is -2.33. The van der Waals surface area contributed by atoms with E-state index in [0.29, 0.717) is 0 Å². The number of carboxylic acids is 1. The van der Waals surface area contributed by atoms with Crippen molar-refractivity contribution in [3.63, 3.8) is 0 Å². The molecule has 0 radical (unpaired) electrons. The van der Waals surface area contributed by atoms with Crippen molar-refractivity contribution in [2.75, 3.05) is 12.4 Å². The van der Waals surface area contributed by atoms with E-state index in [1.165, 1.54) is 13.2 Å². The lowest BCUT2D eigenvalue weighted by atomic mass is 9.85. The highest BCUT2D eigenvalue weighted by atomic mass is 19.4. The molecule has 1 aliphatic rings. The largest absolute Gasteiger partial charge is 0.496 e. The standard InChI is InChI=1S/C15H17F3N2O5/c1-25-13-7-11(12(20(23)24)6-10(13)14(21)22)19-9-4-2-8(3-5-9)15(16,17)18/h6-9,19H,2-5H2,1H3,(H,21,22). The molecule has 0 unspecified atom stereocenters. The number of nitrogens with zero attached hydrogens (tertiary/aromatic N) is 1. The predicted octanol–water partition coefficient (Wildman–Crippen LogP) is 3.83. The number of carbonyl (C=O) groups is 1. The molecular formula is C15H17F3N2O5. The molecule has 1 aromatic carbocycles. The molecule has 1 aliphatic carbocycles. The normalized spacial score (nSPS) is 20.8. The van der Waals surface area contributed by atoms with E-state index >= 15 is 0 Å². The third-order valence-electron chi connectivity index (χ3n) is 4.29. The molecule has 0 heterocycles. The molecule has 0 bridgehead atoms. The molecule has 10 heteroatoms. The molecule has 2 N–H and O–H groups in total. The summed E-state index contributed by atoms with van der Waals surface area (Å²) in [5.41, 5.74) is -0.793. The molecule has 0 aliphatic heterocycles. The molecular weight excluding hydrogens is 345 g/mol. The number of carboxylic acid groups (broad SMARTS) is 1. The number of nitro benzene ring substituents is 1. The second-order valence-corrected chi connectivity index (χ2v) is 5.87. The van der Waals surface area contributed by atoms with Crippen LogP contribution in [0.5, 0.6) is 5.75 Å². The van der Waals surface area contributed by atoms with Crippen molar-refractivity contribution >= 4 is 17.3 Å². The fraction of sp³-hybridized carbons (Fsp3) is 0.533. The van der Waals surface area contributed by atoms with Crippen LogP contribution < -0.4 is 10.1 Å². The van der Waals surface area contributed by atoms with Crippen LogP contribution in [-0.4, -0.2) is 35.3 Å². The molecule has 1 fully saturated rings. The minimum atomic E-state index is -4.23. The number of aromatic carboxylic acids is 1. The summed E-state index contributed by atoms with van der Waals surface area (Å²) < 4.78 is 43.0. The van der Waals surface area contributed by atoms with Crippen LogP contribution in [0.2, 0.25) is 0 Å². The monoisotopic (exact) mass is 362 g/mol. The first-order valence-corrected chi connectivity index (χ1v) is 7.56. The number of hydrogen-bond acceptors (Lipinski definition) is 5. The van der Waals surface area contributed by atoms with Crippen molar-refractivity contribution in [2.24, 2.45) is 5.92 Å². The molecule has 7 nitrogen and oxygen atoms in total. The van der Waals surface area contributed by atoms with Gasteiger partial charge in [-0.2, -0.15) is 13.2 Å². The van der Waals surface area contributed by atoms with Crippen LogP contribution in [0.25, 0.3) is 0 Å². The van der Waals surface area contributed by atoms with E-state index in [9.17, 15) is 28.1 Å². The highest BCUT2D eigenvalue weighted by Crippen LogP contribution is 2.39. The van der Waals surface area contributed by atoms with Gasteiger partial charge in [0.05, 0.1) is 18.0 Å². The summed E-state index contributed by atoms with van der Waals surface area (Å²) in [5.74, 6) is -2.80. The third-order valence-corrected chi connectivity index (χ3v) is 4.29. The Morgan fingerprint density at radius 1 is 1.32 bits per heavy atom. The number of nitro groups is 1. The van der Waals surface area contributed by atoms with Crippen LogP contribution in [0.4, 0.5) is 24.5 Å². The molecule has 0 amide bonds. The number of ether oxygens (including phenoxy) is 1. The van der Waals surface area contributed by atoms with E-state index < -0.39 is 28.7 Å². The summed E-state index contributed by atoms with van der Waals surface area (Å²) in [7, 11) is 1.23. The van der Waals surface area contributed by atoms with E-state index in [0.717, 1.165) is 6.07 Å². The van der Waals surface area contributed by atoms with Gasteiger partial charge in [-0.05, 0) is 25.7 Å². The van der Waals surface area contributed by atoms with Crippen LogP contribution in [0.3, 0.4) is 0 Å². The molecule has 0 spiro atoms. The van der Waals surface area contributed by atoms with Gasteiger partial charge in [0.15, 0.2) is 0 Å². The van der Waals surface area contributed by atoms with Crippen molar-refractivity contribution < 1.29 is 32.7 Å². The maximum Gasteiger partial charge on any atom is 0.391 e. The molecule has 1 aromatic rings. The minimum absolute atomic E-state index is 0.0299. The van der Waals surface area contributed by atoms with Crippen LogP contribution in [-0.2, 0) is 0 Å². The first-order chi connectivity index (χ1) is 11.6. The second kappa shape index (κ2) is 7.16. The maximum absolute atomic E-state index is 12.7. The second-order valence-electron chi connectivity index (χ2n) is 5.87. The zero-order valence-electron chi connectivity index (χ0n) is 13.3. The molecule has 0 saturated heterocycles. The van der Waals surface area contributed by atoms with Crippen molar-refractivity contribution in [1.29, 1.82) is 0 Å². The van der Waals surface area contributed by atoms with Gasteiger partial charge in [-0.15, -0.1) is 0 Å². The van der Waals surface area contributed by atoms with Gasteiger partial charge in [-0.1, -0.05) is 0 Å². The van der Waals surface area contributed by atoms with Gasteiger partial charge in [0.2, 0.25) is 0 Å². The number of anilines is 1. The van der Waals surface area contributed by atoms with Crippen molar-refractivity contribution in [1.82, 2.24) is 0 Å². The van der Waals surface area contributed by atoms with Crippen LogP contribution in [0, 0.1) is 16.0 Å². The summed E-state index contributed by atoms with van der Waals surface area (Å²) in [6.45, 7) is 0. The summed E-state index contributed by atoms with van der Waals surface area (Å²) in [6.07, 6.45) is -3.92. The van der Waals surface area contributed by atoms with Crippen molar-refractivity contribution in [3.8, 4) is 5.75 Å². The average molecular weight is 362 g/mol. The first kappa shape index (κ1) is 18.8. The Bertz CT molecular complexity index is 670. The van der Waals surface area contributed by atoms with Crippen LogP contribution in [0.15, 0.2) is 12.1 Å². The van der Waals surface area contributed by atoms with Crippen LogP contribution >= 0.6 is 0 Å². The Hall–Kier alpha value is -2.52. The van der Waals surface area contributed by atoms with E-state index in [1.807, 2.05) is 0 Å². The lowest BCUT2D eigenvalue weighted by Gasteiger charge is -2.30. The number of nitrogens with one attached hydrogen (secondary N) is 1. The average Bonchev–Trinajstić information content (AvgIpc) is 2.53. The zero-order chi connectivity index (χ0) is 18.8. The molecule has 1 saturated carbocycles. The summed E-state index contributed by atoms with van der Waals surface area (Å²) in [6, 6.07) is 1.71. The van der Waals surface area contributed by atoms with E-state index in [1.54, 1.807) is 0 Å². The molecule has 138 valence electrons. The Kier molecular flexibility index (Phi) is 5.39. The fourth-order valence-electron chi connectivity index (χ4n) is 2.96. The van der Waals surface area contributed by atoms with Gasteiger partial charge in [0.1, 0.15) is 17.0 Å². The van der Waals surface area contributed by atoms with E-state index in [-0.39, 0.29) is 48.7 Å². The predicted molar refractivity (Wildman–Crippen MR) is 82.0 cm³/mol. The first-order valence-electron chi connectivity index (χ1n) is 7.56. The van der Waals surface area contributed by atoms with Gasteiger partial charge in [-0.3, -0.25) is 10.1 Å². The summed E-state index contributed by atoms with van der Waals surface area (Å²) >= 11 is 0. The van der Waals surface area contributed by atoms with Gasteiger partial charge in [-0.25, -0.2) is 4.79 Å². The Morgan fingerprint density at radius 2 is 1.92 bits per heavy atom. The number of alkyl halides is 3. The number of halogens is 3. The molecule has 0 atom stereocenters. The molecule has 2 rings (SSSR count). The molecule has 25 heavy (non-hydrogen) atoms. The fourth-order valence-corrected chi connectivity index (χ4v) is 2.96. The zero-order valence-corrected chi connectivity index (χ0v) is 13.3. The van der Waals surface area contributed by atoms with Crippen molar-refractivity contribution in [2.45, 2.75) is 37.9 Å². The molecule has 0 aromatic heterocycles. The Morgan fingerprint density at radius 3 is 2.36 bits per heavy atom. The highest BCUT2D eigenvalue weighted by molar-refractivity contribution is 5.93. The Balaban J connectivity index is 2.22. The maximum atomic E-state index is 12.7. The topological polar surface area (TPSA) is 102 Å². The van der Waals surface area contributed by atoms with Gasteiger partial charge < -0.3 is 15.2 Å². The highest BCUT2D eigenvalue weighted by Gasteiger charge is 2.41. The van der Waals surface area contributed by atoms with Crippen LogP contribution in [0.1, 0.15) is 36.0 Å². The smallest absolute Gasteiger partial charge is 0.391 e. The number of benzene rings is 1. The quantitative estimate of drug-likeness (QED) is 0.610. The van der Waals surface area contributed by atoms with E-state index in [4.69, 9.17) is 9.84 Å². The minimum Gasteiger partial charge on any atom is -0.496 e. The SMILES string of the molecule is COc1cc(NC2CCC(C(F)(F)F)CC2)c([N+](=O)[O-])cc1C(=O)O. The number of hydrogen-bond donors (Lipinski definition) is 2. The number of methoxy groups -OCH3 is 1. The van der Waals surface area contributed by atoms with Gasteiger partial charge in [0.25, 0.3) is 5.69 Å².